The van der Waals surface area contributed by atoms with E-state index in [0.29, 0.717) is 13.1 Å². The largest absolute Gasteiger partial charge is 0.401 e. The molecular formula is C11H15F3N4. The minimum atomic E-state index is -4.21. The van der Waals surface area contributed by atoms with Gasteiger partial charge in [-0.3, -0.25) is 15.6 Å². The summed E-state index contributed by atoms with van der Waals surface area (Å²) in [5.74, 6) is 0. The molecule has 7 heteroatoms. The molecule has 2 unspecified atom stereocenters. The number of pyridine rings is 1. The Morgan fingerprint density at radius 1 is 1.28 bits per heavy atom. The minimum absolute atomic E-state index is 0.262. The lowest BCUT2D eigenvalue weighted by molar-refractivity contribution is -0.127. The Morgan fingerprint density at radius 3 is 2.72 bits per heavy atom. The van der Waals surface area contributed by atoms with E-state index in [-0.39, 0.29) is 6.04 Å². The highest BCUT2D eigenvalue weighted by atomic mass is 19.4. The van der Waals surface area contributed by atoms with E-state index in [2.05, 4.69) is 20.9 Å². The van der Waals surface area contributed by atoms with Gasteiger partial charge in [-0.2, -0.15) is 13.2 Å². The lowest BCUT2D eigenvalue weighted by Crippen LogP contribution is -2.58. The fourth-order valence-electron chi connectivity index (χ4n) is 1.94. The number of halogens is 3. The van der Waals surface area contributed by atoms with Crippen molar-refractivity contribution in [3.8, 4) is 0 Å². The molecule has 1 aromatic rings. The number of piperazine rings is 1. The van der Waals surface area contributed by atoms with Gasteiger partial charge in [-0.05, 0) is 12.1 Å². The van der Waals surface area contributed by atoms with Crippen LogP contribution < -0.4 is 16.0 Å². The van der Waals surface area contributed by atoms with Gasteiger partial charge in [0.1, 0.15) is 0 Å². The van der Waals surface area contributed by atoms with Gasteiger partial charge in [0.05, 0.1) is 24.4 Å². The van der Waals surface area contributed by atoms with Gasteiger partial charge in [-0.15, -0.1) is 0 Å². The first-order valence-electron chi connectivity index (χ1n) is 5.74. The van der Waals surface area contributed by atoms with Crippen LogP contribution in [-0.4, -0.2) is 37.0 Å². The number of aromatic nitrogens is 1. The predicted molar refractivity (Wildman–Crippen MR) is 60.8 cm³/mol. The molecule has 2 heterocycles. The quantitative estimate of drug-likeness (QED) is 0.752. The van der Waals surface area contributed by atoms with E-state index < -0.39 is 18.9 Å². The Morgan fingerprint density at radius 2 is 2.06 bits per heavy atom. The third-order valence-electron chi connectivity index (χ3n) is 2.72. The standard InChI is InChI=1S/C11H15F3N4/c12-11(13,14)7-18-10-9(16-5-6-17-10)8-3-1-2-4-15-8/h1-4,9-10,16-18H,5-7H2. The van der Waals surface area contributed by atoms with Crippen LogP contribution in [0.5, 0.6) is 0 Å². The lowest BCUT2D eigenvalue weighted by atomic mass is 10.1. The van der Waals surface area contributed by atoms with Gasteiger partial charge < -0.3 is 5.32 Å². The van der Waals surface area contributed by atoms with Crippen molar-refractivity contribution in [2.24, 2.45) is 0 Å². The van der Waals surface area contributed by atoms with Crippen molar-refractivity contribution in [3.05, 3.63) is 30.1 Å². The molecule has 1 aromatic heterocycles. The van der Waals surface area contributed by atoms with Crippen LogP contribution in [0.25, 0.3) is 0 Å². The normalized spacial score (nSPS) is 25.1. The average Bonchev–Trinajstić information content (AvgIpc) is 2.37. The summed E-state index contributed by atoms with van der Waals surface area (Å²) in [7, 11) is 0. The second-order valence-electron chi connectivity index (χ2n) is 4.11. The van der Waals surface area contributed by atoms with Crippen LogP contribution in [0.3, 0.4) is 0 Å². The van der Waals surface area contributed by atoms with E-state index in [1.165, 1.54) is 0 Å². The molecule has 1 aliphatic rings. The van der Waals surface area contributed by atoms with Gasteiger partial charge in [0.15, 0.2) is 0 Å². The van der Waals surface area contributed by atoms with Crippen molar-refractivity contribution in [1.82, 2.24) is 20.9 Å². The van der Waals surface area contributed by atoms with E-state index in [1.54, 1.807) is 18.3 Å². The molecule has 2 rings (SSSR count). The summed E-state index contributed by atoms with van der Waals surface area (Å²) in [4.78, 5) is 4.17. The zero-order chi connectivity index (χ0) is 13.0. The molecule has 1 aliphatic heterocycles. The average molecular weight is 260 g/mol. The van der Waals surface area contributed by atoms with E-state index in [9.17, 15) is 13.2 Å². The van der Waals surface area contributed by atoms with Gasteiger partial charge in [-0.1, -0.05) is 6.07 Å². The molecule has 0 amide bonds. The van der Waals surface area contributed by atoms with Gasteiger partial charge in [0.2, 0.25) is 0 Å². The first-order chi connectivity index (χ1) is 8.56. The van der Waals surface area contributed by atoms with Crippen LogP contribution in [-0.2, 0) is 0 Å². The molecule has 1 fully saturated rings. The molecule has 2 atom stereocenters. The number of nitrogens with one attached hydrogen (secondary N) is 3. The minimum Gasteiger partial charge on any atom is -0.305 e. The summed E-state index contributed by atoms with van der Waals surface area (Å²) in [5.41, 5.74) is 0.726. The van der Waals surface area contributed by atoms with E-state index in [1.807, 2.05) is 6.07 Å². The Bertz CT molecular complexity index is 368. The number of alkyl halides is 3. The second kappa shape index (κ2) is 5.64. The summed E-state index contributed by atoms with van der Waals surface area (Å²) >= 11 is 0. The molecule has 0 aliphatic carbocycles. The molecule has 0 aromatic carbocycles. The summed E-state index contributed by atoms with van der Waals surface area (Å²) in [6, 6.07) is 5.13. The van der Waals surface area contributed by atoms with Gasteiger partial charge in [-0.25, -0.2) is 0 Å². The third kappa shape index (κ3) is 3.66. The van der Waals surface area contributed by atoms with Crippen molar-refractivity contribution >= 4 is 0 Å². The molecule has 3 N–H and O–H groups in total. The molecule has 100 valence electrons. The highest BCUT2D eigenvalue weighted by molar-refractivity contribution is 5.12. The molecular weight excluding hydrogens is 245 g/mol. The van der Waals surface area contributed by atoms with Crippen molar-refractivity contribution in [3.63, 3.8) is 0 Å². The molecule has 0 saturated carbocycles. The van der Waals surface area contributed by atoms with Crippen LogP contribution in [0.4, 0.5) is 13.2 Å². The summed E-state index contributed by atoms with van der Waals surface area (Å²) in [6.07, 6.45) is -3.06. The molecule has 18 heavy (non-hydrogen) atoms. The van der Waals surface area contributed by atoms with Gasteiger partial charge in [0.25, 0.3) is 0 Å². The fraction of sp³-hybridized carbons (Fsp3) is 0.545. The summed E-state index contributed by atoms with van der Waals surface area (Å²) in [5, 5.41) is 8.67. The van der Waals surface area contributed by atoms with Crippen molar-refractivity contribution < 1.29 is 13.2 Å². The highest BCUT2D eigenvalue weighted by Gasteiger charge is 2.32. The topological polar surface area (TPSA) is 49.0 Å². The molecule has 0 spiro atoms. The summed E-state index contributed by atoms with van der Waals surface area (Å²) in [6.45, 7) is 0.306. The molecule has 0 radical (unpaired) electrons. The smallest absolute Gasteiger partial charge is 0.305 e. The monoisotopic (exact) mass is 260 g/mol. The van der Waals surface area contributed by atoms with E-state index in [4.69, 9.17) is 0 Å². The maximum absolute atomic E-state index is 12.2. The van der Waals surface area contributed by atoms with Crippen LogP contribution in [0, 0.1) is 0 Å². The summed E-state index contributed by atoms with van der Waals surface area (Å²) < 4.78 is 36.6. The van der Waals surface area contributed by atoms with Crippen LogP contribution >= 0.6 is 0 Å². The zero-order valence-corrected chi connectivity index (χ0v) is 9.67. The van der Waals surface area contributed by atoms with Crippen molar-refractivity contribution in [1.29, 1.82) is 0 Å². The van der Waals surface area contributed by atoms with Gasteiger partial charge in [0, 0.05) is 19.3 Å². The Hall–Kier alpha value is -1.18. The van der Waals surface area contributed by atoms with Crippen molar-refractivity contribution in [2.45, 2.75) is 18.4 Å². The van der Waals surface area contributed by atoms with Crippen LogP contribution in [0.1, 0.15) is 11.7 Å². The Labute approximate surface area is 103 Å². The Balaban J connectivity index is 2.02. The second-order valence-corrected chi connectivity index (χ2v) is 4.11. The molecule has 0 bridgehead atoms. The zero-order valence-electron chi connectivity index (χ0n) is 9.67. The third-order valence-corrected chi connectivity index (χ3v) is 2.72. The number of nitrogens with zero attached hydrogens (tertiary/aromatic N) is 1. The molecule has 1 saturated heterocycles. The SMILES string of the molecule is FC(F)(F)CNC1NCCNC1c1ccccn1. The Kier molecular flexibility index (Phi) is 4.15. The van der Waals surface area contributed by atoms with Crippen molar-refractivity contribution in [2.75, 3.05) is 19.6 Å². The lowest BCUT2D eigenvalue weighted by Gasteiger charge is -2.34. The highest BCUT2D eigenvalue weighted by Crippen LogP contribution is 2.17. The fourth-order valence-corrected chi connectivity index (χ4v) is 1.94. The van der Waals surface area contributed by atoms with Gasteiger partial charge >= 0.3 is 6.18 Å². The maximum atomic E-state index is 12.2. The van der Waals surface area contributed by atoms with E-state index >= 15 is 0 Å². The molecule has 4 nitrogen and oxygen atoms in total. The first kappa shape index (κ1) is 13.3. The van der Waals surface area contributed by atoms with E-state index in [0.717, 1.165) is 5.69 Å². The number of rotatable bonds is 3. The van der Waals surface area contributed by atoms with Crippen LogP contribution in [0.2, 0.25) is 0 Å². The van der Waals surface area contributed by atoms with Crippen LogP contribution in [0.15, 0.2) is 24.4 Å². The maximum Gasteiger partial charge on any atom is 0.401 e. The number of hydrogen-bond acceptors (Lipinski definition) is 4. The first-order valence-corrected chi connectivity index (χ1v) is 5.74. The number of hydrogen-bond donors (Lipinski definition) is 3. The predicted octanol–water partition coefficient (Wildman–Crippen LogP) is 0.793.